The summed E-state index contributed by atoms with van der Waals surface area (Å²) in [6, 6.07) is 14.0. The molecule has 4 nitrogen and oxygen atoms in total. The third kappa shape index (κ3) is 5.24. The second-order valence-electron chi connectivity index (χ2n) is 6.44. The molecule has 0 heterocycles. The van der Waals surface area contributed by atoms with Crippen LogP contribution in [0.15, 0.2) is 42.5 Å². The van der Waals surface area contributed by atoms with Crippen molar-refractivity contribution in [2.45, 2.75) is 32.6 Å². The first-order valence-electron chi connectivity index (χ1n) is 8.91. The second-order valence-corrected chi connectivity index (χ2v) is 6.44. The Balaban J connectivity index is 1.35. The van der Waals surface area contributed by atoms with Gasteiger partial charge < -0.3 is 14.8 Å². The van der Waals surface area contributed by atoms with Crippen molar-refractivity contribution < 1.29 is 14.3 Å². The third-order valence-electron chi connectivity index (χ3n) is 4.40. The lowest BCUT2D eigenvalue weighted by Gasteiger charge is -2.17. The topological polar surface area (TPSA) is 47.6 Å². The highest BCUT2D eigenvalue weighted by atomic mass is 16.5. The van der Waals surface area contributed by atoms with E-state index in [2.05, 4.69) is 17.4 Å². The predicted octanol–water partition coefficient (Wildman–Crippen LogP) is 3.45. The van der Waals surface area contributed by atoms with Gasteiger partial charge in [-0.1, -0.05) is 23.8 Å². The molecule has 0 aromatic heterocycles. The van der Waals surface area contributed by atoms with Crippen molar-refractivity contribution in [3.63, 3.8) is 0 Å². The first kappa shape index (κ1) is 17.3. The van der Waals surface area contributed by atoms with Crippen LogP contribution < -0.4 is 14.8 Å². The van der Waals surface area contributed by atoms with Crippen molar-refractivity contribution in [1.29, 1.82) is 0 Å². The molecule has 3 rings (SSSR count). The summed E-state index contributed by atoms with van der Waals surface area (Å²) in [4.78, 5) is 11.8. The van der Waals surface area contributed by atoms with Crippen molar-refractivity contribution in [3.8, 4) is 11.5 Å². The minimum absolute atomic E-state index is 0.0158. The van der Waals surface area contributed by atoms with E-state index in [-0.39, 0.29) is 12.5 Å². The van der Waals surface area contributed by atoms with E-state index in [4.69, 9.17) is 9.47 Å². The average Bonchev–Trinajstić information content (AvgIpc) is 2.64. The Morgan fingerprint density at radius 1 is 0.960 bits per heavy atom. The summed E-state index contributed by atoms with van der Waals surface area (Å²) in [5, 5.41) is 2.81. The summed E-state index contributed by atoms with van der Waals surface area (Å²) in [5.41, 5.74) is 4.01. The SMILES string of the molecule is Cc1ccc(OCC(=O)NCCOc2ccc3c(c2)CCCC3)cc1. The van der Waals surface area contributed by atoms with Crippen LogP contribution in [0.25, 0.3) is 0 Å². The summed E-state index contributed by atoms with van der Waals surface area (Å²) < 4.78 is 11.2. The lowest BCUT2D eigenvalue weighted by Crippen LogP contribution is -2.32. The number of fused-ring (bicyclic) bond motifs is 1. The van der Waals surface area contributed by atoms with Gasteiger partial charge in [-0.3, -0.25) is 4.79 Å². The molecule has 25 heavy (non-hydrogen) atoms. The molecule has 2 aromatic rings. The number of carbonyl (C=O) groups excluding carboxylic acids is 1. The number of amides is 1. The number of benzene rings is 2. The van der Waals surface area contributed by atoms with Gasteiger partial charge in [0.15, 0.2) is 6.61 Å². The van der Waals surface area contributed by atoms with Gasteiger partial charge in [-0.25, -0.2) is 0 Å². The highest BCUT2D eigenvalue weighted by Crippen LogP contribution is 2.25. The van der Waals surface area contributed by atoms with Gasteiger partial charge in [0.2, 0.25) is 0 Å². The zero-order valence-corrected chi connectivity index (χ0v) is 14.7. The van der Waals surface area contributed by atoms with Crippen molar-refractivity contribution in [2.75, 3.05) is 19.8 Å². The molecule has 0 atom stereocenters. The summed E-state index contributed by atoms with van der Waals surface area (Å²) in [6.45, 7) is 2.95. The first-order valence-corrected chi connectivity index (χ1v) is 8.91. The van der Waals surface area contributed by atoms with Crippen LogP contribution in [-0.4, -0.2) is 25.7 Å². The number of carbonyl (C=O) groups is 1. The van der Waals surface area contributed by atoms with Gasteiger partial charge in [-0.2, -0.15) is 0 Å². The van der Waals surface area contributed by atoms with Crippen molar-refractivity contribution in [1.82, 2.24) is 5.32 Å². The van der Waals surface area contributed by atoms with Crippen LogP contribution in [0.5, 0.6) is 11.5 Å². The Morgan fingerprint density at radius 3 is 2.48 bits per heavy atom. The minimum Gasteiger partial charge on any atom is -0.492 e. The molecule has 0 spiro atoms. The molecule has 1 aliphatic carbocycles. The molecule has 4 heteroatoms. The van der Waals surface area contributed by atoms with Gasteiger partial charge in [-0.05, 0) is 68.0 Å². The molecule has 0 radical (unpaired) electrons. The van der Waals surface area contributed by atoms with Crippen LogP contribution in [0.3, 0.4) is 0 Å². The summed E-state index contributed by atoms with van der Waals surface area (Å²) >= 11 is 0. The van der Waals surface area contributed by atoms with Crippen LogP contribution in [0, 0.1) is 6.92 Å². The number of nitrogens with one attached hydrogen (secondary N) is 1. The number of rotatable bonds is 7. The smallest absolute Gasteiger partial charge is 0.258 e. The van der Waals surface area contributed by atoms with E-state index in [9.17, 15) is 4.79 Å². The maximum atomic E-state index is 11.8. The minimum atomic E-state index is -0.144. The van der Waals surface area contributed by atoms with Crippen molar-refractivity contribution >= 4 is 5.91 Å². The molecular weight excluding hydrogens is 314 g/mol. The molecule has 0 saturated carbocycles. The standard InChI is InChI=1S/C21H25NO3/c1-16-6-9-19(10-7-16)25-15-21(23)22-12-13-24-20-11-8-17-4-2-3-5-18(17)14-20/h6-11,14H,2-5,12-13,15H2,1H3,(H,22,23). The molecule has 1 aliphatic rings. The molecule has 1 N–H and O–H groups in total. The number of aryl methyl sites for hydroxylation is 3. The molecule has 1 amide bonds. The molecule has 132 valence electrons. The first-order chi connectivity index (χ1) is 12.2. The largest absolute Gasteiger partial charge is 0.492 e. The van der Waals surface area contributed by atoms with Crippen LogP contribution >= 0.6 is 0 Å². The summed E-state index contributed by atoms with van der Waals surface area (Å²) in [6.07, 6.45) is 4.85. The van der Waals surface area contributed by atoms with Gasteiger partial charge in [0.05, 0.1) is 6.54 Å². The van der Waals surface area contributed by atoms with Crippen LogP contribution in [0.4, 0.5) is 0 Å². The zero-order valence-electron chi connectivity index (χ0n) is 14.7. The van der Waals surface area contributed by atoms with Gasteiger partial charge in [0, 0.05) is 0 Å². The molecular formula is C21H25NO3. The van der Waals surface area contributed by atoms with Crippen LogP contribution in [-0.2, 0) is 17.6 Å². The fourth-order valence-corrected chi connectivity index (χ4v) is 2.99. The maximum absolute atomic E-state index is 11.8. The second kappa shape index (κ2) is 8.56. The number of ether oxygens (including phenoxy) is 2. The highest BCUT2D eigenvalue weighted by molar-refractivity contribution is 5.77. The number of hydrogen-bond acceptors (Lipinski definition) is 3. The molecule has 0 aliphatic heterocycles. The Kier molecular flexibility index (Phi) is 5.94. The Morgan fingerprint density at radius 2 is 1.68 bits per heavy atom. The van der Waals surface area contributed by atoms with E-state index < -0.39 is 0 Å². The lowest BCUT2D eigenvalue weighted by atomic mass is 9.92. The van der Waals surface area contributed by atoms with E-state index in [0.717, 1.165) is 17.7 Å². The molecule has 2 aromatic carbocycles. The Bertz CT molecular complexity index is 710. The van der Waals surface area contributed by atoms with Gasteiger partial charge in [0.1, 0.15) is 18.1 Å². The highest BCUT2D eigenvalue weighted by Gasteiger charge is 2.10. The average molecular weight is 339 g/mol. The number of hydrogen-bond donors (Lipinski definition) is 1. The van der Waals surface area contributed by atoms with E-state index in [1.165, 1.54) is 30.4 Å². The van der Waals surface area contributed by atoms with Gasteiger partial charge in [-0.15, -0.1) is 0 Å². The quantitative estimate of drug-likeness (QED) is 0.786. The Hall–Kier alpha value is -2.49. The summed E-state index contributed by atoms with van der Waals surface area (Å²) in [5.74, 6) is 1.44. The van der Waals surface area contributed by atoms with Crippen molar-refractivity contribution in [3.05, 3.63) is 59.2 Å². The van der Waals surface area contributed by atoms with E-state index >= 15 is 0 Å². The van der Waals surface area contributed by atoms with Crippen LogP contribution in [0.1, 0.15) is 29.5 Å². The molecule has 0 unspecified atom stereocenters. The van der Waals surface area contributed by atoms with Gasteiger partial charge >= 0.3 is 0 Å². The van der Waals surface area contributed by atoms with E-state index in [1.54, 1.807) is 0 Å². The predicted molar refractivity (Wildman–Crippen MR) is 98.3 cm³/mol. The maximum Gasteiger partial charge on any atom is 0.258 e. The normalized spacial score (nSPS) is 13.0. The zero-order chi connectivity index (χ0) is 17.5. The fourth-order valence-electron chi connectivity index (χ4n) is 2.99. The van der Waals surface area contributed by atoms with Crippen LogP contribution in [0.2, 0.25) is 0 Å². The van der Waals surface area contributed by atoms with Crippen molar-refractivity contribution in [2.24, 2.45) is 0 Å². The van der Waals surface area contributed by atoms with E-state index in [1.807, 2.05) is 37.3 Å². The molecule has 0 saturated heterocycles. The molecule has 0 bridgehead atoms. The lowest BCUT2D eigenvalue weighted by molar-refractivity contribution is -0.123. The Labute approximate surface area is 149 Å². The third-order valence-corrected chi connectivity index (χ3v) is 4.40. The monoisotopic (exact) mass is 339 g/mol. The molecule has 0 fully saturated rings. The summed E-state index contributed by atoms with van der Waals surface area (Å²) in [7, 11) is 0. The fraction of sp³-hybridized carbons (Fsp3) is 0.381. The van der Waals surface area contributed by atoms with E-state index in [0.29, 0.717) is 18.9 Å². The van der Waals surface area contributed by atoms with Gasteiger partial charge in [0.25, 0.3) is 5.91 Å².